The highest BCUT2D eigenvalue weighted by atomic mass is 16.4. The molecule has 150 valence electrons. The minimum absolute atomic E-state index is 0.0330. The molecule has 0 spiro atoms. The van der Waals surface area contributed by atoms with Crippen LogP contribution in [0.4, 0.5) is 0 Å². The Morgan fingerprint density at radius 1 is 1.07 bits per heavy atom. The molecule has 3 N–H and O–H groups in total. The summed E-state index contributed by atoms with van der Waals surface area (Å²) >= 11 is 0. The first kappa shape index (κ1) is 21.2. The van der Waals surface area contributed by atoms with E-state index in [2.05, 4.69) is 31.4 Å². The van der Waals surface area contributed by atoms with Crippen LogP contribution in [0.1, 0.15) is 61.8 Å². The van der Waals surface area contributed by atoms with E-state index in [1.807, 2.05) is 24.3 Å². The molecule has 1 aromatic carbocycles. The molecule has 1 heterocycles. The summed E-state index contributed by atoms with van der Waals surface area (Å²) in [5.74, 6) is -1.93. The van der Waals surface area contributed by atoms with E-state index in [9.17, 15) is 19.5 Å². The van der Waals surface area contributed by atoms with Crippen LogP contribution in [0.3, 0.4) is 0 Å². The first-order valence-electron chi connectivity index (χ1n) is 9.05. The molecule has 2 amide bonds. The molecule has 7 heteroatoms. The van der Waals surface area contributed by atoms with Crippen molar-refractivity contribution in [3.05, 3.63) is 59.5 Å². The molecule has 0 aliphatic carbocycles. The number of carboxylic acids is 1. The third kappa shape index (κ3) is 5.70. The zero-order valence-electron chi connectivity index (χ0n) is 16.5. The summed E-state index contributed by atoms with van der Waals surface area (Å²) in [7, 11) is 0. The summed E-state index contributed by atoms with van der Waals surface area (Å²) in [6.45, 7) is 7.78. The van der Waals surface area contributed by atoms with E-state index in [0.29, 0.717) is 5.56 Å². The van der Waals surface area contributed by atoms with Crippen molar-refractivity contribution in [2.75, 3.05) is 0 Å². The molecule has 0 saturated heterocycles. The Kier molecular flexibility index (Phi) is 6.62. The number of hydrogen-bond acceptors (Lipinski definition) is 4. The van der Waals surface area contributed by atoms with E-state index in [1.165, 1.54) is 19.3 Å². The van der Waals surface area contributed by atoms with Crippen molar-refractivity contribution in [2.24, 2.45) is 0 Å². The predicted molar refractivity (Wildman–Crippen MR) is 104 cm³/mol. The molecule has 1 aromatic heterocycles. The zero-order valence-corrected chi connectivity index (χ0v) is 16.5. The number of aliphatic carboxylic acids is 1. The van der Waals surface area contributed by atoms with Gasteiger partial charge in [-0.3, -0.25) is 14.4 Å². The molecule has 2 atom stereocenters. The van der Waals surface area contributed by atoms with Crippen LogP contribution in [0, 0.1) is 0 Å². The second-order valence-corrected chi connectivity index (χ2v) is 7.70. The quantitative estimate of drug-likeness (QED) is 0.678. The first-order valence-corrected chi connectivity index (χ1v) is 9.05. The maximum Gasteiger partial charge on any atom is 0.305 e. The molecule has 0 saturated carbocycles. The van der Waals surface area contributed by atoms with E-state index >= 15 is 0 Å². The van der Waals surface area contributed by atoms with Crippen LogP contribution in [0.15, 0.2) is 47.1 Å². The van der Waals surface area contributed by atoms with Gasteiger partial charge in [0.15, 0.2) is 5.76 Å². The van der Waals surface area contributed by atoms with Gasteiger partial charge in [-0.25, -0.2) is 0 Å². The van der Waals surface area contributed by atoms with E-state index in [0.717, 1.165) is 5.56 Å². The minimum atomic E-state index is -1.03. The van der Waals surface area contributed by atoms with Crippen molar-refractivity contribution in [3.63, 3.8) is 0 Å². The second kappa shape index (κ2) is 8.73. The van der Waals surface area contributed by atoms with Crippen molar-refractivity contribution < 1.29 is 23.9 Å². The monoisotopic (exact) mass is 386 g/mol. The molecule has 7 nitrogen and oxygen atoms in total. The lowest BCUT2D eigenvalue weighted by Gasteiger charge is -2.23. The largest absolute Gasteiger partial charge is 0.481 e. The smallest absolute Gasteiger partial charge is 0.305 e. The minimum Gasteiger partial charge on any atom is -0.481 e. The van der Waals surface area contributed by atoms with Gasteiger partial charge >= 0.3 is 5.97 Å². The second-order valence-electron chi connectivity index (χ2n) is 7.70. The lowest BCUT2D eigenvalue weighted by molar-refractivity contribution is -0.137. The van der Waals surface area contributed by atoms with Crippen molar-refractivity contribution in [1.82, 2.24) is 10.6 Å². The number of nitrogens with one attached hydrogen (secondary N) is 2. The van der Waals surface area contributed by atoms with Crippen LogP contribution in [0.25, 0.3) is 0 Å². The topological polar surface area (TPSA) is 109 Å². The SMILES string of the molecule is CC(NC(=O)c1ccco1)C(=O)NC(CC(=O)O)c1ccc(C(C)(C)C)cc1. The summed E-state index contributed by atoms with van der Waals surface area (Å²) in [6.07, 6.45) is 1.10. The van der Waals surface area contributed by atoms with Crippen LogP contribution in [0.2, 0.25) is 0 Å². The normalized spacial score (nSPS) is 13.4. The number of carboxylic acid groups (broad SMARTS) is 1. The van der Waals surface area contributed by atoms with Gasteiger partial charge in [0.25, 0.3) is 5.91 Å². The van der Waals surface area contributed by atoms with Crippen LogP contribution >= 0.6 is 0 Å². The number of rotatable bonds is 7. The molecule has 0 bridgehead atoms. The van der Waals surface area contributed by atoms with Crippen LogP contribution in [0.5, 0.6) is 0 Å². The van der Waals surface area contributed by atoms with E-state index in [-0.39, 0.29) is 17.6 Å². The lowest BCUT2D eigenvalue weighted by atomic mass is 9.86. The number of hydrogen-bond donors (Lipinski definition) is 3. The van der Waals surface area contributed by atoms with Gasteiger partial charge in [0.2, 0.25) is 5.91 Å². The summed E-state index contributed by atoms with van der Waals surface area (Å²) in [5.41, 5.74) is 1.76. The fraction of sp³-hybridized carbons (Fsp3) is 0.381. The van der Waals surface area contributed by atoms with Gasteiger partial charge in [0, 0.05) is 0 Å². The highest BCUT2D eigenvalue weighted by molar-refractivity contribution is 5.95. The number of amides is 2. The van der Waals surface area contributed by atoms with Crippen LogP contribution < -0.4 is 10.6 Å². The van der Waals surface area contributed by atoms with Crippen molar-refractivity contribution in [1.29, 1.82) is 0 Å². The van der Waals surface area contributed by atoms with Gasteiger partial charge in [-0.2, -0.15) is 0 Å². The first-order chi connectivity index (χ1) is 13.1. The molecule has 0 aliphatic rings. The maximum atomic E-state index is 12.5. The highest BCUT2D eigenvalue weighted by Gasteiger charge is 2.24. The zero-order chi connectivity index (χ0) is 20.9. The Balaban J connectivity index is 2.09. The van der Waals surface area contributed by atoms with Gasteiger partial charge < -0.3 is 20.2 Å². The Morgan fingerprint density at radius 3 is 2.21 bits per heavy atom. The number of carbonyl (C=O) groups is 3. The predicted octanol–water partition coefficient (Wildman–Crippen LogP) is 3.03. The molecule has 0 radical (unpaired) electrons. The average Bonchev–Trinajstić information content (AvgIpc) is 3.14. The van der Waals surface area contributed by atoms with Gasteiger partial charge in [0.05, 0.1) is 18.7 Å². The highest BCUT2D eigenvalue weighted by Crippen LogP contribution is 2.25. The third-order valence-corrected chi connectivity index (χ3v) is 4.36. The maximum absolute atomic E-state index is 12.5. The van der Waals surface area contributed by atoms with Crippen LogP contribution in [-0.2, 0) is 15.0 Å². The van der Waals surface area contributed by atoms with E-state index < -0.39 is 29.9 Å². The van der Waals surface area contributed by atoms with Gasteiger partial charge in [-0.15, -0.1) is 0 Å². The fourth-order valence-electron chi connectivity index (χ4n) is 2.68. The summed E-state index contributed by atoms with van der Waals surface area (Å²) in [5, 5.41) is 14.5. The van der Waals surface area contributed by atoms with E-state index in [4.69, 9.17) is 4.42 Å². The average molecular weight is 386 g/mol. The molecule has 0 fully saturated rings. The number of furan rings is 1. The van der Waals surface area contributed by atoms with Crippen molar-refractivity contribution in [3.8, 4) is 0 Å². The van der Waals surface area contributed by atoms with Gasteiger partial charge in [0.1, 0.15) is 6.04 Å². The lowest BCUT2D eigenvalue weighted by Crippen LogP contribution is -2.46. The summed E-state index contributed by atoms with van der Waals surface area (Å²) < 4.78 is 5.00. The molecule has 28 heavy (non-hydrogen) atoms. The summed E-state index contributed by atoms with van der Waals surface area (Å²) in [6, 6.07) is 9.00. The molecular weight excluding hydrogens is 360 g/mol. The van der Waals surface area contributed by atoms with Gasteiger partial charge in [-0.1, -0.05) is 45.0 Å². The van der Waals surface area contributed by atoms with Crippen LogP contribution in [-0.4, -0.2) is 28.9 Å². The number of benzene rings is 1. The third-order valence-electron chi connectivity index (χ3n) is 4.36. The molecule has 0 aliphatic heterocycles. The van der Waals surface area contributed by atoms with E-state index in [1.54, 1.807) is 6.07 Å². The molecular formula is C21H26N2O5. The standard InChI is InChI=1S/C21H26N2O5/c1-13(22-20(27)17-6-5-11-28-17)19(26)23-16(12-18(24)25)14-7-9-15(10-8-14)21(2,3)4/h5-11,13,16H,12H2,1-4H3,(H,22,27)(H,23,26)(H,24,25). The Bertz CT molecular complexity index is 819. The Hall–Kier alpha value is -3.09. The Morgan fingerprint density at radius 2 is 1.71 bits per heavy atom. The Labute approximate surface area is 164 Å². The van der Waals surface area contributed by atoms with Gasteiger partial charge in [-0.05, 0) is 35.6 Å². The molecule has 2 aromatic rings. The molecule has 2 unspecified atom stereocenters. The van der Waals surface area contributed by atoms with Crippen molar-refractivity contribution >= 4 is 17.8 Å². The summed E-state index contributed by atoms with van der Waals surface area (Å²) in [4.78, 5) is 35.8. The van der Waals surface area contributed by atoms with Crippen molar-refractivity contribution in [2.45, 2.75) is 51.6 Å². The number of carbonyl (C=O) groups excluding carboxylic acids is 2. The fourth-order valence-corrected chi connectivity index (χ4v) is 2.68. The molecule has 2 rings (SSSR count).